The largest absolute Gasteiger partial charge is 0.493 e. The number of carbonyl (C=O) groups is 3. The summed E-state index contributed by atoms with van der Waals surface area (Å²) in [5, 5.41) is 2.85. The van der Waals surface area contributed by atoms with Gasteiger partial charge in [0.2, 0.25) is 0 Å². The monoisotopic (exact) mass is 490 g/mol. The molecule has 178 valence electrons. The number of barbiturate groups is 1. The number of ether oxygens (including phenoxy) is 2. The minimum Gasteiger partial charge on any atom is -0.493 e. The number of rotatable bonds is 7. The van der Waals surface area contributed by atoms with Gasteiger partial charge in [-0.05, 0) is 47.9 Å². The lowest BCUT2D eigenvalue weighted by atomic mass is 10.0. The third kappa shape index (κ3) is 5.05. The van der Waals surface area contributed by atoms with E-state index < -0.39 is 17.8 Å². The number of aryl methyl sites for hydroxylation is 1. The highest BCUT2D eigenvalue weighted by atomic mass is 35.5. The molecule has 0 radical (unpaired) electrons. The number of carbonyl (C=O) groups excluding carboxylic acids is 3. The molecule has 1 fully saturated rings. The summed E-state index contributed by atoms with van der Waals surface area (Å²) in [6, 6.07) is 18.7. The normalized spacial score (nSPS) is 14.8. The molecule has 0 unspecified atom stereocenters. The van der Waals surface area contributed by atoms with Gasteiger partial charge in [0.15, 0.2) is 11.5 Å². The van der Waals surface area contributed by atoms with Gasteiger partial charge in [-0.2, -0.15) is 0 Å². The summed E-state index contributed by atoms with van der Waals surface area (Å²) in [4.78, 5) is 39.3. The third-order valence-corrected chi connectivity index (χ3v) is 5.92. The van der Waals surface area contributed by atoms with E-state index in [0.29, 0.717) is 34.2 Å². The molecule has 1 aliphatic heterocycles. The maximum absolute atomic E-state index is 13.2. The average Bonchev–Trinajstić information content (AvgIpc) is 2.86. The molecule has 0 bridgehead atoms. The van der Waals surface area contributed by atoms with Crippen molar-refractivity contribution in [3.05, 3.63) is 94.0 Å². The average molecular weight is 491 g/mol. The predicted molar refractivity (Wildman–Crippen MR) is 134 cm³/mol. The van der Waals surface area contributed by atoms with E-state index in [1.165, 1.54) is 13.2 Å². The van der Waals surface area contributed by atoms with Crippen LogP contribution in [0.2, 0.25) is 5.02 Å². The highest BCUT2D eigenvalue weighted by Crippen LogP contribution is 2.31. The molecule has 0 atom stereocenters. The van der Waals surface area contributed by atoms with E-state index in [1.54, 1.807) is 36.4 Å². The molecule has 0 saturated carbocycles. The van der Waals surface area contributed by atoms with Gasteiger partial charge in [-0.15, -0.1) is 0 Å². The van der Waals surface area contributed by atoms with Crippen LogP contribution in [-0.4, -0.2) is 25.0 Å². The second kappa shape index (κ2) is 10.4. The lowest BCUT2D eigenvalue weighted by molar-refractivity contribution is -0.122. The van der Waals surface area contributed by atoms with E-state index >= 15 is 0 Å². The van der Waals surface area contributed by atoms with Crippen LogP contribution in [0, 0.1) is 0 Å². The minimum absolute atomic E-state index is 0.165. The molecule has 1 saturated heterocycles. The van der Waals surface area contributed by atoms with Crippen molar-refractivity contribution in [2.75, 3.05) is 12.0 Å². The predicted octanol–water partition coefficient (Wildman–Crippen LogP) is 5.16. The zero-order valence-corrected chi connectivity index (χ0v) is 20.0. The summed E-state index contributed by atoms with van der Waals surface area (Å²) < 4.78 is 11.3. The van der Waals surface area contributed by atoms with Crippen molar-refractivity contribution in [3.63, 3.8) is 0 Å². The van der Waals surface area contributed by atoms with Crippen LogP contribution in [0.4, 0.5) is 10.5 Å². The first kappa shape index (κ1) is 24.0. The van der Waals surface area contributed by atoms with Gasteiger partial charge in [-0.3, -0.25) is 14.9 Å². The quantitative estimate of drug-likeness (QED) is 0.365. The first-order valence-electron chi connectivity index (χ1n) is 11.0. The molecule has 0 spiro atoms. The number of para-hydroxylation sites is 1. The Hall–Kier alpha value is -4.10. The molecule has 4 amide bonds. The molecule has 35 heavy (non-hydrogen) atoms. The fraction of sp³-hybridized carbons (Fsp3) is 0.148. The maximum atomic E-state index is 13.2. The van der Waals surface area contributed by atoms with Crippen molar-refractivity contribution >= 4 is 41.2 Å². The Balaban J connectivity index is 1.62. The van der Waals surface area contributed by atoms with Crippen molar-refractivity contribution in [3.8, 4) is 11.5 Å². The van der Waals surface area contributed by atoms with Crippen molar-refractivity contribution in [2.45, 2.75) is 20.0 Å². The number of methoxy groups -OCH3 is 1. The van der Waals surface area contributed by atoms with Gasteiger partial charge >= 0.3 is 6.03 Å². The number of hydrogen-bond acceptors (Lipinski definition) is 5. The summed E-state index contributed by atoms with van der Waals surface area (Å²) in [5.41, 5.74) is 2.44. The van der Waals surface area contributed by atoms with Crippen LogP contribution in [0.15, 0.2) is 72.3 Å². The molecule has 1 aliphatic rings. The maximum Gasteiger partial charge on any atom is 0.335 e. The summed E-state index contributed by atoms with van der Waals surface area (Å²) in [7, 11) is 1.50. The molecule has 0 aromatic heterocycles. The van der Waals surface area contributed by atoms with Crippen LogP contribution in [0.5, 0.6) is 11.5 Å². The van der Waals surface area contributed by atoms with Gasteiger partial charge in [0.1, 0.15) is 12.2 Å². The number of amides is 4. The number of anilines is 1. The van der Waals surface area contributed by atoms with Crippen LogP contribution in [0.25, 0.3) is 6.08 Å². The topological polar surface area (TPSA) is 84.9 Å². The van der Waals surface area contributed by atoms with Crippen molar-refractivity contribution in [1.82, 2.24) is 5.32 Å². The molecule has 1 heterocycles. The second-order valence-electron chi connectivity index (χ2n) is 7.73. The highest BCUT2D eigenvalue weighted by molar-refractivity contribution is 6.39. The Morgan fingerprint density at radius 2 is 1.66 bits per heavy atom. The van der Waals surface area contributed by atoms with Gasteiger partial charge < -0.3 is 9.47 Å². The molecule has 3 aromatic rings. The van der Waals surface area contributed by atoms with Gasteiger partial charge in [0.25, 0.3) is 11.8 Å². The van der Waals surface area contributed by atoms with Gasteiger partial charge in [0, 0.05) is 10.6 Å². The molecule has 0 aliphatic carbocycles. The van der Waals surface area contributed by atoms with Crippen molar-refractivity contribution in [1.29, 1.82) is 0 Å². The number of hydrogen-bond donors (Lipinski definition) is 1. The lowest BCUT2D eigenvalue weighted by Gasteiger charge is -2.28. The first-order valence-corrected chi connectivity index (χ1v) is 11.3. The Kier molecular flexibility index (Phi) is 7.17. The van der Waals surface area contributed by atoms with E-state index in [9.17, 15) is 14.4 Å². The van der Waals surface area contributed by atoms with Crippen LogP contribution >= 0.6 is 11.6 Å². The molecule has 8 heteroatoms. The van der Waals surface area contributed by atoms with E-state index in [2.05, 4.69) is 5.32 Å². The standard InChI is InChI=1S/C27H23ClN2O5/c1-3-18-8-5-7-11-22(18)30-26(32)20(25(31)29-27(30)33)14-17-12-13-23(24(15-17)34-2)35-16-19-9-4-6-10-21(19)28/h4-15H,3,16H2,1-2H3,(H,29,31,33)/b20-14-. The summed E-state index contributed by atoms with van der Waals surface area (Å²) in [5.74, 6) is -0.567. The fourth-order valence-electron chi connectivity index (χ4n) is 3.74. The lowest BCUT2D eigenvalue weighted by Crippen LogP contribution is -2.54. The molecule has 7 nitrogen and oxygen atoms in total. The van der Waals surface area contributed by atoms with E-state index in [-0.39, 0.29) is 12.2 Å². The zero-order valence-electron chi connectivity index (χ0n) is 19.2. The molecule has 4 rings (SSSR count). The summed E-state index contributed by atoms with van der Waals surface area (Å²) in [6.45, 7) is 2.17. The zero-order chi connectivity index (χ0) is 24.9. The number of imide groups is 2. The van der Waals surface area contributed by atoms with Gasteiger partial charge in [-0.1, -0.05) is 61.0 Å². The molecule has 1 N–H and O–H groups in total. The number of benzene rings is 3. The third-order valence-electron chi connectivity index (χ3n) is 5.55. The SMILES string of the molecule is CCc1ccccc1N1C(=O)NC(=O)/C(=C/c2ccc(OCc3ccccc3Cl)c(OC)c2)C1=O. The van der Waals surface area contributed by atoms with Crippen LogP contribution in [-0.2, 0) is 22.6 Å². The van der Waals surface area contributed by atoms with E-state index in [0.717, 1.165) is 16.0 Å². The summed E-state index contributed by atoms with van der Waals surface area (Å²) >= 11 is 6.19. The van der Waals surface area contributed by atoms with Gasteiger partial charge in [-0.25, -0.2) is 9.69 Å². The first-order chi connectivity index (χ1) is 16.9. The Labute approximate surface area is 207 Å². The fourth-order valence-corrected chi connectivity index (χ4v) is 3.93. The Bertz CT molecular complexity index is 1330. The van der Waals surface area contributed by atoms with E-state index in [1.807, 2.05) is 37.3 Å². The van der Waals surface area contributed by atoms with Crippen LogP contribution < -0.4 is 19.7 Å². The summed E-state index contributed by atoms with van der Waals surface area (Å²) in [6.07, 6.45) is 2.04. The Morgan fingerprint density at radius 3 is 2.37 bits per heavy atom. The number of nitrogens with one attached hydrogen (secondary N) is 1. The van der Waals surface area contributed by atoms with Crippen molar-refractivity contribution < 1.29 is 23.9 Å². The smallest absolute Gasteiger partial charge is 0.335 e. The van der Waals surface area contributed by atoms with Crippen LogP contribution in [0.1, 0.15) is 23.6 Å². The minimum atomic E-state index is -0.779. The van der Waals surface area contributed by atoms with E-state index in [4.69, 9.17) is 21.1 Å². The van der Waals surface area contributed by atoms with Crippen LogP contribution in [0.3, 0.4) is 0 Å². The molecular weight excluding hydrogens is 468 g/mol. The van der Waals surface area contributed by atoms with Gasteiger partial charge in [0.05, 0.1) is 12.8 Å². The molecule has 3 aromatic carbocycles. The second-order valence-corrected chi connectivity index (χ2v) is 8.14. The number of urea groups is 1. The van der Waals surface area contributed by atoms with Crippen molar-refractivity contribution in [2.24, 2.45) is 0 Å². The number of nitrogens with zero attached hydrogens (tertiary/aromatic N) is 1. The molecular formula is C27H23ClN2O5. The number of halogens is 1. The Morgan fingerprint density at radius 1 is 0.943 bits per heavy atom. The highest BCUT2D eigenvalue weighted by Gasteiger charge is 2.37.